The Morgan fingerprint density at radius 1 is 1.08 bits per heavy atom. The van der Waals surface area contributed by atoms with E-state index < -0.39 is 5.91 Å². The summed E-state index contributed by atoms with van der Waals surface area (Å²) < 4.78 is 5.07. The summed E-state index contributed by atoms with van der Waals surface area (Å²) in [7, 11) is 1.58. The van der Waals surface area contributed by atoms with Gasteiger partial charge in [0.1, 0.15) is 11.4 Å². The van der Waals surface area contributed by atoms with Crippen molar-refractivity contribution < 1.29 is 14.3 Å². The molecule has 0 aliphatic heterocycles. The minimum atomic E-state index is -0.435. The van der Waals surface area contributed by atoms with Crippen LogP contribution in [-0.4, -0.2) is 23.9 Å². The Kier molecular flexibility index (Phi) is 4.90. The molecule has 0 aliphatic carbocycles. The summed E-state index contributed by atoms with van der Waals surface area (Å²) in [6.07, 6.45) is 0.145. The number of hydrogen-bond acceptors (Lipinski definition) is 3. The van der Waals surface area contributed by atoms with Crippen LogP contribution in [0.3, 0.4) is 0 Å². The van der Waals surface area contributed by atoms with Crippen LogP contribution >= 0.6 is 11.6 Å². The highest BCUT2D eigenvalue weighted by Gasteiger charge is 2.11. The van der Waals surface area contributed by atoms with Gasteiger partial charge in [0.25, 0.3) is 5.91 Å². The molecule has 1 heterocycles. The van der Waals surface area contributed by atoms with Crippen molar-refractivity contribution in [3.8, 4) is 5.75 Å². The molecule has 3 aromatic rings. The molecule has 0 aliphatic rings. The van der Waals surface area contributed by atoms with E-state index >= 15 is 0 Å². The number of fused-ring (bicyclic) bond motifs is 1. The largest absolute Gasteiger partial charge is 0.497 e. The summed E-state index contributed by atoms with van der Waals surface area (Å²) in [4.78, 5) is 27.0. The average molecular weight is 358 g/mol. The number of hydrogen-bond donors (Lipinski definition) is 3. The Morgan fingerprint density at radius 2 is 1.84 bits per heavy atom. The molecule has 6 nitrogen and oxygen atoms in total. The molecular formula is C18H16ClN3O3. The van der Waals surface area contributed by atoms with E-state index in [1.54, 1.807) is 55.6 Å². The lowest BCUT2D eigenvalue weighted by Crippen LogP contribution is -2.42. The van der Waals surface area contributed by atoms with Gasteiger partial charge in [-0.25, -0.2) is 0 Å². The van der Waals surface area contributed by atoms with E-state index in [0.717, 1.165) is 22.2 Å². The van der Waals surface area contributed by atoms with E-state index in [1.807, 2.05) is 0 Å². The first-order valence-corrected chi connectivity index (χ1v) is 7.93. The number of carbonyl (C=O) groups is 2. The summed E-state index contributed by atoms with van der Waals surface area (Å²) in [6, 6.07) is 14.1. The fourth-order valence-electron chi connectivity index (χ4n) is 2.39. The lowest BCUT2D eigenvalue weighted by molar-refractivity contribution is -0.121. The first kappa shape index (κ1) is 16.9. The number of nitrogens with one attached hydrogen (secondary N) is 3. The van der Waals surface area contributed by atoms with Crippen molar-refractivity contribution in [1.82, 2.24) is 15.8 Å². The van der Waals surface area contributed by atoms with Crippen molar-refractivity contribution in [2.45, 2.75) is 6.42 Å². The zero-order valence-electron chi connectivity index (χ0n) is 13.4. The molecule has 0 radical (unpaired) electrons. The monoisotopic (exact) mass is 357 g/mol. The zero-order chi connectivity index (χ0) is 17.8. The van der Waals surface area contributed by atoms with Crippen LogP contribution in [0.15, 0.2) is 48.5 Å². The van der Waals surface area contributed by atoms with Gasteiger partial charge in [0.05, 0.1) is 13.5 Å². The van der Waals surface area contributed by atoms with Gasteiger partial charge in [-0.05, 0) is 42.0 Å². The van der Waals surface area contributed by atoms with E-state index in [1.165, 1.54) is 0 Å². The Balaban J connectivity index is 1.57. The van der Waals surface area contributed by atoms with Crippen LogP contribution in [0.1, 0.15) is 16.1 Å². The average Bonchev–Trinajstić information content (AvgIpc) is 3.03. The number of H-pyrrole nitrogens is 1. The van der Waals surface area contributed by atoms with E-state index in [9.17, 15) is 9.59 Å². The molecule has 3 rings (SSSR count). The fourth-order valence-corrected chi connectivity index (χ4v) is 2.57. The predicted octanol–water partition coefficient (Wildman–Crippen LogP) is 2.83. The van der Waals surface area contributed by atoms with Crippen LogP contribution < -0.4 is 15.6 Å². The van der Waals surface area contributed by atoms with Crippen molar-refractivity contribution in [3.05, 3.63) is 64.8 Å². The molecule has 1 aromatic heterocycles. The Bertz CT molecular complexity index is 919. The topological polar surface area (TPSA) is 83.2 Å². The van der Waals surface area contributed by atoms with Crippen molar-refractivity contribution in [3.63, 3.8) is 0 Å². The van der Waals surface area contributed by atoms with Crippen molar-refractivity contribution in [2.75, 3.05) is 7.11 Å². The summed E-state index contributed by atoms with van der Waals surface area (Å²) in [5.74, 6) is -0.0375. The Labute approximate surface area is 149 Å². The fraction of sp³-hybridized carbons (Fsp3) is 0.111. The van der Waals surface area contributed by atoms with Gasteiger partial charge in [0.15, 0.2) is 0 Å². The third kappa shape index (κ3) is 4.10. The number of methoxy groups -OCH3 is 1. The van der Waals surface area contributed by atoms with Gasteiger partial charge < -0.3 is 9.72 Å². The lowest BCUT2D eigenvalue weighted by atomic mass is 10.1. The quantitative estimate of drug-likeness (QED) is 0.628. The molecule has 3 N–H and O–H groups in total. The molecule has 0 bridgehead atoms. The van der Waals surface area contributed by atoms with Crippen LogP contribution in [0.25, 0.3) is 10.9 Å². The zero-order valence-corrected chi connectivity index (χ0v) is 14.2. The molecule has 0 saturated heterocycles. The maximum Gasteiger partial charge on any atom is 0.286 e. The van der Waals surface area contributed by atoms with Gasteiger partial charge in [-0.1, -0.05) is 23.7 Å². The number of benzene rings is 2. The molecule has 128 valence electrons. The summed E-state index contributed by atoms with van der Waals surface area (Å²) in [6.45, 7) is 0. The van der Waals surface area contributed by atoms with Crippen LogP contribution in [0.4, 0.5) is 0 Å². The van der Waals surface area contributed by atoms with Gasteiger partial charge in [-0.2, -0.15) is 0 Å². The number of rotatable bonds is 4. The second kappa shape index (κ2) is 7.27. The molecule has 2 aromatic carbocycles. The van der Waals surface area contributed by atoms with Gasteiger partial charge in [-0.3, -0.25) is 20.4 Å². The molecule has 0 spiro atoms. The molecule has 25 heavy (non-hydrogen) atoms. The predicted molar refractivity (Wildman–Crippen MR) is 95.6 cm³/mol. The second-order valence-corrected chi connectivity index (χ2v) is 5.88. The standard InChI is InChI=1S/C18H16ClN3O3/c1-25-14-5-2-11(3-6-14)8-17(23)21-22-18(24)16-10-12-9-13(19)4-7-15(12)20-16/h2-7,9-10,20H,8H2,1H3,(H,21,23)(H,22,24). The van der Waals surface area contributed by atoms with Crippen LogP contribution in [0, 0.1) is 0 Å². The molecular weight excluding hydrogens is 342 g/mol. The second-order valence-electron chi connectivity index (χ2n) is 5.44. The molecule has 0 unspecified atom stereocenters. The number of aromatic nitrogens is 1. The Hall–Kier alpha value is -2.99. The minimum Gasteiger partial charge on any atom is -0.497 e. The molecule has 2 amide bonds. The number of ether oxygens (including phenoxy) is 1. The highest BCUT2D eigenvalue weighted by molar-refractivity contribution is 6.31. The minimum absolute atomic E-state index is 0.145. The molecule has 0 saturated carbocycles. The van der Waals surface area contributed by atoms with Crippen LogP contribution in [-0.2, 0) is 11.2 Å². The van der Waals surface area contributed by atoms with Crippen molar-refractivity contribution in [2.24, 2.45) is 0 Å². The van der Waals surface area contributed by atoms with Gasteiger partial charge >= 0.3 is 0 Å². The normalized spacial score (nSPS) is 10.5. The third-order valence-electron chi connectivity index (χ3n) is 3.67. The maximum atomic E-state index is 12.1. The van der Waals surface area contributed by atoms with Gasteiger partial charge in [-0.15, -0.1) is 0 Å². The number of carbonyl (C=O) groups excluding carboxylic acids is 2. The summed E-state index contributed by atoms with van der Waals surface area (Å²) in [5.41, 5.74) is 6.73. The third-order valence-corrected chi connectivity index (χ3v) is 3.90. The van der Waals surface area contributed by atoms with Crippen LogP contribution in [0.2, 0.25) is 5.02 Å². The number of hydrazine groups is 1. The lowest BCUT2D eigenvalue weighted by Gasteiger charge is -2.07. The van der Waals surface area contributed by atoms with Crippen molar-refractivity contribution in [1.29, 1.82) is 0 Å². The Morgan fingerprint density at radius 3 is 2.56 bits per heavy atom. The molecule has 0 fully saturated rings. The van der Waals surface area contributed by atoms with E-state index in [0.29, 0.717) is 10.7 Å². The molecule has 0 atom stereocenters. The van der Waals surface area contributed by atoms with Gasteiger partial charge in [0.2, 0.25) is 5.91 Å². The SMILES string of the molecule is COc1ccc(CC(=O)NNC(=O)c2cc3cc(Cl)ccc3[nH]2)cc1. The highest BCUT2D eigenvalue weighted by atomic mass is 35.5. The van der Waals surface area contributed by atoms with E-state index in [4.69, 9.17) is 16.3 Å². The van der Waals surface area contributed by atoms with E-state index in [-0.39, 0.29) is 12.3 Å². The van der Waals surface area contributed by atoms with Crippen LogP contribution in [0.5, 0.6) is 5.75 Å². The van der Waals surface area contributed by atoms with Crippen molar-refractivity contribution >= 4 is 34.3 Å². The maximum absolute atomic E-state index is 12.1. The molecule has 7 heteroatoms. The van der Waals surface area contributed by atoms with E-state index in [2.05, 4.69) is 15.8 Å². The highest BCUT2D eigenvalue weighted by Crippen LogP contribution is 2.20. The van der Waals surface area contributed by atoms with Gasteiger partial charge in [0, 0.05) is 15.9 Å². The number of halogens is 1. The smallest absolute Gasteiger partial charge is 0.286 e. The summed E-state index contributed by atoms with van der Waals surface area (Å²) in [5, 5.41) is 1.41. The first-order chi connectivity index (χ1) is 12.0. The summed E-state index contributed by atoms with van der Waals surface area (Å²) >= 11 is 5.93. The number of amides is 2. The first-order valence-electron chi connectivity index (χ1n) is 7.55. The number of aromatic amines is 1.